The van der Waals surface area contributed by atoms with Crippen LogP contribution in [0.25, 0.3) is 0 Å². The van der Waals surface area contributed by atoms with Gasteiger partial charge in [-0.25, -0.2) is 0 Å². The summed E-state index contributed by atoms with van der Waals surface area (Å²) in [6.07, 6.45) is 4.77. The van der Waals surface area contributed by atoms with E-state index in [1.807, 2.05) is 37.3 Å². The van der Waals surface area contributed by atoms with Crippen LogP contribution < -0.4 is 14.8 Å². The lowest BCUT2D eigenvalue weighted by molar-refractivity contribution is -0.122. The van der Waals surface area contributed by atoms with Crippen molar-refractivity contribution in [1.29, 1.82) is 0 Å². The zero-order valence-electron chi connectivity index (χ0n) is 14.9. The molecule has 0 aromatic heterocycles. The van der Waals surface area contributed by atoms with Crippen LogP contribution in [0, 0.1) is 0 Å². The van der Waals surface area contributed by atoms with Gasteiger partial charge >= 0.3 is 0 Å². The highest BCUT2D eigenvalue weighted by molar-refractivity contribution is 5.95. The third kappa shape index (κ3) is 4.13. The van der Waals surface area contributed by atoms with Crippen molar-refractivity contribution in [2.45, 2.75) is 45.1 Å². The highest BCUT2D eigenvalue weighted by Crippen LogP contribution is 2.27. The number of hydrogen-bond donors (Lipinski definition) is 1. The molecular formula is C21H25NO3. The number of nitrogens with one attached hydrogen (secondary N) is 1. The minimum Gasteiger partial charge on any atom is -0.495 e. The molecule has 0 radical (unpaired) electrons. The second-order valence-electron chi connectivity index (χ2n) is 6.34. The van der Waals surface area contributed by atoms with Gasteiger partial charge in [-0.15, -0.1) is 0 Å². The molecule has 0 saturated carbocycles. The molecule has 1 N–H and O–H groups in total. The van der Waals surface area contributed by atoms with Crippen LogP contribution in [-0.4, -0.2) is 19.1 Å². The fourth-order valence-corrected chi connectivity index (χ4v) is 3.23. The number of rotatable bonds is 6. The van der Waals surface area contributed by atoms with Crippen molar-refractivity contribution in [3.05, 3.63) is 53.6 Å². The van der Waals surface area contributed by atoms with Gasteiger partial charge in [-0.2, -0.15) is 0 Å². The van der Waals surface area contributed by atoms with Crippen molar-refractivity contribution in [1.82, 2.24) is 0 Å². The van der Waals surface area contributed by atoms with Crippen molar-refractivity contribution in [2.75, 3.05) is 12.4 Å². The summed E-state index contributed by atoms with van der Waals surface area (Å²) in [5.74, 6) is 1.24. The van der Waals surface area contributed by atoms with Gasteiger partial charge in [-0.3, -0.25) is 4.79 Å². The first-order valence-corrected chi connectivity index (χ1v) is 8.93. The number of hydrogen-bond acceptors (Lipinski definition) is 3. The molecule has 1 atom stereocenters. The van der Waals surface area contributed by atoms with Gasteiger partial charge < -0.3 is 14.8 Å². The van der Waals surface area contributed by atoms with Crippen LogP contribution in [0.2, 0.25) is 0 Å². The van der Waals surface area contributed by atoms with Crippen molar-refractivity contribution in [2.24, 2.45) is 0 Å². The predicted molar refractivity (Wildman–Crippen MR) is 99.4 cm³/mol. The maximum absolute atomic E-state index is 12.6. The maximum Gasteiger partial charge on any atom is 0.265 e. The quantitative estimate of drug-likeness (QED) is 0.850. The standard InChI is InChI=1S/C21H25NO3/c1-3-19(21(23)22-18-10-6-7-11-20(18)24-2)25-17-13-12-15-8-4-5-9-16(15)14-17/h6-7,10-14,19H,3-5,8-9H2,1-2H3,(H,22,23)/t19-/m0/s1. The van der Waals surface area contributed by atoms with E-state index in [0.29, 0.717) is 17.9 Å². The minimum atomic E-state index is -0.536. The molecule has 0 spiro atoms. The number of ether oxygens (including phenoxy) is 2. The number of methoxy groups -OCH3 is 1. The second-order valence-corrected chi connectivity index (χ2v) is 6.34. The SMILES string of the molecule is CC[C@H](Oc1ccc2c(c1)CCCC2)C(=O)Nc1ccccc1OC. The molecular weight excluding hydrogens is 314 g/mol. The van der Waals surface area contributed by atoms with E-state index in [9.17, 15) is 4.79 Å². The molecule has 4 heteroatoms. The second kappa shape index (κ2) is 8.06. The summed E-state index contributed by atoms with van der Waals surface area (Å²) in [4.78, 5) is 12.6. The van der Waals surface area contributed by atoms with Crippen LogP contribution in [0.1, 0.15) is 37.3 Å². The molecule has 0 saturated heterocycles. The Morgan fingerprint density at radius 1 is 1.12 bits per heavy atom. The molecule has 4 nitrogen and oxygen atoms in total. The van der Waals surface area contributed by atoms with Crippen molar-refractivity contribution in [3.63, 3.8) is 0 Å². The Balaban J connectivity index is 1.70. The Kier molecular flexibility index (Phi) is 5.59. The molecule has 132 valence electrons. The predicted octanol–water partition coefficient (Wildman–Crippen LogP) is 4.37. The Labute approximate surface area is 149 Å². The van der Waals surface area contributed by atoms with Crippen LogP contribution in [0.15, 0.2) is 42.5 Å². The van der Waals surface area contributed by atoms with Crippen LogP contribution in [0.3, 0.4) is 0 Å². The number of fused-ring (bicyclic) bond motifs is 1. The van der Waals surface area contributed by atoms with Crippen LogP contribution in [-0.2, 0) is 17.6 Å². The monoisotopic (exact) mass is 339 g/mol. The number of amides is 1. The largest absolute Gasteiger partial charge is 0.495 e. The van der Waals surface area contributed by atoms with Gasteiger partial charge in [0.2, 0.25) is 0 Å². The molecule has 0 unspecified atom stereocenters. The molecule has 1 amide bonds. The maximum atomic E-state index is 12.6. The third-order valence-electron chi connectivity index (χ3n) is 4.63. The first-order chi connectivity index (χ1) is 12.2. The summed E-state index contributed by atoms with van der Waals surface area (Å²) in [5.41, 5.74) is 3.41. The number of carbonyl (C=O) groups is 1. The van der Waals surface area contributed by atoms with E-state index >= 15 is 0 Å². The fraction of sp³-hybridized carbons (Fsp3) is 0.381. The van der Waals surface area contributed by atoms with Crippen LogP contribution in [0.4, 0.5) is 5.69 Å². The van der Waals surface area contributed by atoms with Gasteiger partial charge in [-0.05, 0) is 67.5 Å². The van der Waals surface area contributed by atoms with E-state index in [2.05, 4.69) is 17.4 Å². The van der Waals surface area contributed by atoms with E-state index in [-0.39, 0.29) is 5.91 Å². The average molecular weight is 339 g/mol. The van der Waals surface area contributed by atoms with Crippen LogP contribution >= 0.6 is 0 Å². The summed E-state index contributed by atoms with van der Waals surface area (Å²) in [5, 5.41) is 2.91. The van der Waals surface area contributed by atoms with Gasteiger partial charge in [0.25, 0.3) is 5.91 Å². The molecule has 1 aliphatic carbocycles. The van der Waals surface area contributed by atoms with Crippen molar-refractivity contribution >= 4 is 11.6 Å². The zero-order valence-corrected chi connectivity index (χ0v) is 14.9. The van der Waals surface area contributed by atoms with Gasteiger partial charge in [-0.1, -0.05) is 25.1 Å². The van der Waals surface area contributed by atoms with Gasteiger partial charge in [0.1, 0.15) is 11.5 Å². The first-order valence-electron chi connectivity index (χ1n) is 8.93. The number of carbonyl (C=O) groups excluding carboxylic acids is 1. The number of benzene rings is 2. The topological polar surface area (TPSA) is 47.6 Å². The van der Waals surface area contributed by atoms with E-state index in [1.165, 1.54) is 24.0 Å². The highest BCUT2D eigenvalue weighted by atomic mass is 16.5. The summed E-state index contributed by atoms with van der Waals surface area (Å²) in [7, 11) is 1.59. The molecule has 0 bridgehead atoms. The molecule has 0 heterocycles. The van der Waals surface area contributed by atoms with E-state index in [4.69, 9.17) is 9.47 Å². The van der Waals surface area contributed by atoms with Crippen molar-refractivity contribution < 1.29 is 14.3 Å². The van der Waals surface area contributed by atoms with E-state index in [1.54, 1.807) is 7.11 Å². The summed E-state index contributed by atoms with van der Waals surface area (Å²) >= 11 is 0. The highest BCUT2D eigenvalue weighted by Gasteiger charge is 2.20. The lowest BCUT2D eigenvalue weighted by Gasteiger charge is -2.21. The van der Waals surface area contributed by atoms with Gasteiger partial charge in [0.15, 0.2) is 6.10 Å². The number of anilines is 1. The Hall–Kier alpha value is -2.49. The molecule has 2 aromatic carbocycles. The number of aryl methyl sites for hydroxylation is 2. The molecule has 2 aromatic rings. The molecule has 0 fully saturated rings. The minimum absolute atomic E-state index is 0.162. The number of para-hydroxylation sites is 2. The third-order valence-corrected chi connectivity index (χ3v) is 4.63. The summed E-state index contributed by atoms with van der Waals surface area (Å²) < 4.78 is 11.3. The molecule has 3 rings (SSSR count). The van der Waals surface area contributed by atoms with Crippen LogP contribution in [0.5, 0.6) is 11.5 Å². The normalized spacial score (nSPS) is 14.3. The Bertz CT molecular complexity index is 742. The zero-order chi connectivity index (χ0) is 17.6. The van der Waals surface area contributed by atoms with E-state index < -0.39 is 6.10 Å². The Morgan fingerprint density at radius 3 is 2.64 bits per heavy atom. The lowest BCUT2D eigenvalue weighted by Crippen LogP contribution is -2.32. The molecule has 0 aliphatic heterocycles. The lowest BCUT2D eigenvalue weighted by atomic mass is 9.92. The average Bonchev–Trinajstić information content (AvgIpc) is 2.66. The molecule has 1 aliphatic rings. The smallest absolute Gasteiger partial charge is 0.265 e. The van der Waals surface area contributed by atoms with Gasteiger partial charge in [0.05, 0.1) is 12.8 Å². The first kappa shape index (κ1) is 17.3. The van der Waals surface area contributed by atoms with Crippen molar-refractivity contribution in [3.8, 4) is 11.5 Å². The summed E-state index contributed by atoms with van der Waals surface area (Å²) in [6, 6.07) is 13.6. The Morgan fingerprint density at radius 2 is 1.88 bits per heavy atom. The molecule has 25 heavy (non-hydrogen) atoms. The summed E-state index contributed by atoms with van der Waals surface area (Å²) in [6.45, 7) is 1.95. The van der Waals surface area contributed by atoms with Gasteiger partial charge in [0, 0.05) is 0 Å². The fourth-order valence-electron chi connectivity index (χ4n) is 3.23. The van der Waals surface area contributed by atoms with E-state index in [0.717, 1.165) is 18.6 Å².